The fourth-order valence-corrected chi connectivity index (χ4v) is 3.09. The molecule has 0 radical (unpaired) electrons. The maximum absolute atomic E-state index is 11.5. The van der Waals surface area contributed by atoms with Crippen molar-refractivity contribution in [2.75, 3.05) is 10.6 Å². The molecule has 2 N–H and O–H groups in total. The van der Waals surface area contributed by atoms with Crippen LogP contribution in [-0.4, -0.2) is 15.7 Å². The SMILES string of the molecule is O=C(Nc1ccc(-c2csc(Nc3ccccc3Cl)n2)cc1)C(Cl)Cl. The van der Waals surface area contributed by atoms with Gasteiger partial charge in [-0.2, -0.15) is 0 Å². The largest absolute Gasteiger partial charge is 0.330 e. The van der Waals surface area contributed by atoms with Crippen LogP contribution in [0, 0.1) is 0 Å². The number of halogens is 3. The van der Waals surface area contributed by atoms with Crippen LogP contribution in [0.5, 0.6) is 0 Å². The summed E-state index contributed by atoms with van der Waals surface area (Å²) in [6, 6.07) is 14.7. The van der Waals surface area contributed by atoms with Gasteiger partial charge in [-0.1, -0.05) is 59.1 Å². The summed E-state index contributed by atoms with van der Waals surface area (Å²) in [7, 11) is 0. The Morgan fingerprint density at radius 3 is 2.48 bits per heavy atom. The second-order valence-corrected chi connectivity index (χ2v) is 7.37. The third-order valence-corrected chi connectivity index (χ3v) is 4.75. The Balaban J connectivity index is 1.72. The Morgan fingerprint density at radius 2 is 1.80 bits per heavy atom. The minimum absolute atomic E-state index is 0.462. The number of carbonyl (C=O) groups excluding carboxylic acids is 1. The van der Waals surface area contributed by atoms with E-state index in [4.69, 9.17) is 34.8 Å². The number of nitrogens with zero attached hydrogens (tertiary/aromatic N) is 1. The molecule has 2 aromatic carbocycles. The van der Waals surface area contributed by atoms with Crippen molar-refractivity contribution < 1.29 is 4.79 Å². The fourth-order valence-electron chi connectivity index (χ4n) is 2.06. The molecule has 0 saturated carbocycles. The molecule has 4 nitrogen and oxygen atoms in total. The van der Waals surface area contributed by atoms with E-state index < -0.39 is 10.7 Å². The topological polar surface area (TPSA) is 54.0 Å². The zero-order valence-corrected chi connectivity index (χ0v) is 15.8. The standard InChI is InChI=1S/C17H12Cl3N3OS/c18-12-3-1-2-4-13(12)22-17-23-14(9-25-17)10-5-7-11(8-6-10)21-16(24)15(19)20/h1-9,15H,(H,21,24)(H,22,23). The summed E-state index contributed by atoms with van der Waals surface area (Å²) in [6.07, 6.45) is 0. The van der Waals surface area contributed by atoms with Crippen molar-refractivity contribution in [1.29, 1.82) is 0 Å². The highest BCUT2D eigenvalue weighted by molar-refractivity contribution is 7.14. The van der Waals surface area contributed by atoms with E-state index in [1.165, 1.54) is 11.3 Å². The molecule has 0 aliphatic carbocycles. The van der Waals surface area contributed by atoms with Crippen molar-refractivity contribution >= 4 is 68.6 Å². The lowest BCUT2D eigenvalue weighted by molar-refractivity contribution is -0.114. The van der Waals surface area contributed by atoms with Crippen LogP contribution in [0.15, 0.2) is 53.9 Å². The minimum atomic E-state index is -1.10. The highest BCUT2D eigenvalue weighted by Gasteiger charge is 2.11. The number of alkyl halides is 2. The molecule has 0 aliphatic rings. The lowest BCUT2D eigenvalue weighted by atomic mass is 10.1. The number of hydrogen-bond donors (Lipinski definition) is 2. The number of benzene rings is 2. The first-order valence-corrected chi connectivity index (χ1v) is 9.32. The number of carbonyl (C=O) groups is 1. The van der Waals surface area contributed by atoms with Gasteiger partial charge in [-0.15, -0.1) is 11.3 Å². The first-order valence-electron chi connectivity index (χ1n) is 7.19. The van der Waals surface area contributed by atoms with E-state index in [0.717, 1.165) is 22.1 Å². The average molecular weight is 413 g/mol. The minimum Gasteiger partial charge on any atom is -0.330 e. The van der Waals surface area contributed by atoms with Gasteiger partial charge in [0.2, 0.25) is 0 Å². The number of thiazole rings is 1. The van der Waals surface area contributed by atoms with Crippen molar-refractivity contribution in [1.82, 2.24) is 4.98 Å². The summed E-state index contributed by atoms with van der Waals surface area (Å²) in [5, 5.41) is 9.14. The van der Waals surface area contributed by atoms with Crippen molar-refractivity contribution in [3.63, 3.8) is 0 Å². The van der Waals surface area contributed by atoms with E-state index in [0.29, 0.717) is 10.7 Å². The van der Waals surface area contributed by atoms with E-state index in [1.54, 1.807) is 12.1 Å². The molecule has 1 amide bonds. The molecule has 0 bridgehead atoms. The van der Waals surface area contributed by atoms with Gasteiger partial charge in [-0.3, -0.25) is 4.79 Å². The molecule has 1 heterocycles. The summed E-state index contributed by atoms with van der Waals surface area (Å²) in [6.45, 7) is 0. The van der Waals surface area contributed by atoms with Gasteiger partial charge >= 0.3 is 0 Å². The Labute approximate surface area is 163 Å². The predicted octanol–water partition coefficient (Wildman–Crippen LogP) is 5.95. The maximum atomic E-state index is 11.5. The molecule has 0 aliphatic heterocycles. The molecule has 3 rings (SSSR count). The van der Waals surface area contributed by atoms with Crippen LogP contribution in [0.25, 0.3) is 11.3 Å². The Hall–Kier alpha value is -1.79. The van der Waals surface area contributed by atoms with Gasteiger partial charge < -0.3 is 10.6 Å². The molecule has 0 fully saturated rings. The van der Waals surface area contributed by atoms with E-state index in [9.17, 15) is 4.79 Å². The quantitative estimate of drug-likeness (QED) is 0.509. The van der Waals surface area contributed by atoms with Crippen LogP contribution in [0.2, 0.25) is 5.02 Å². The highest BCUT2D eigenvalue weighted by atomic mass is 35.5. The Kier molecular flexibility index (Phi) is 5.81. The molecule has 0 saturated heterocycles. The third-order valence-electron chi connectivity index (χ3n) is 3.27. The van der Waals surface area contributed by atoms with Gasteiger partial charge in [-0.05, 0) is 24.3 Å². The summed E-state index contributed by atoms with van der Waals surface area (Å²) < 4.78 is 0. The van der Waals surface area contributed by atoms with Crippen LogP contribution >= 0.6 is 46.1 Å². The van der Waals surface area contributed by atoms with E-state index in [1.807, 2.05) is 41.8 Å². The lowest BCUT2D eigenvalue weighted by Gasteiger charge is -2.06. The number of aromatic nitrogens is 1. The zero-order chi connectivity index (χ0) is 17.8. The molecule has 3 aromatic rings. The summed E-state index contributed by atoms with van der Waals surface area (Å²) in [5.41, 5.74) is 3.17. The summed E-state index contributed by atoms with van der Waals surface area (Å²) >= 11 is 18.6. The molecule has 8 heteroatoms. The van der Waals surface area contributed by atoms with Crippen LogP contribution in [-0.2, 0) is 4.79 Å². The third kappa shape index (κ3) is 4.64. The van der Waals surface area contributed by atoms with Gasteiger partial charge in [0.05, 0.1) is 16.4 Å². The van der Waals surface area contributed by atoms with Crippen LogP contribution < -0.4 is 10.6 Å². The summed E-state index contributed by atoms with van der Waals surface area (Å²) in [4.78, 5) is 14.9. The van der Waals surface area contributed by atoms with Crippen molar-refractivity contribution in [3.05, 3.63) is 58.9 Å². The monoisotopic (exact) mass is 411 g/mol. The Morgan fingerprint density at radius 1 is 1.08 bits per heavy atom. The normalized spacial score (nSPS) is 10.7. The molecule has 0 atom stereocenters. The second kappa shape index (κ2) is 8.06. The molecule has 25 heavy (non-hydrogen) atoms. The molecular weight excluding hydrogens is 401 g/mol. The number of nitrogens with one attached hydrogen (secondary N) is 2. The molecule has 128 valence electrons. The number of rotatable bonds is 5. The van der Waals surface area contributed by atoms with Gasteiger partial charge in [0.15, 0.2) is 9.97 Å². The number of hydrogen-bond acceptors (Lipinski definition) is 4. The number of para-hydroxylation sites is 1. The predicted molar refractivity (Wildman–Crippen MR) is 106 cm³/mol. The first kappa shape index (κ1) is 18.0. The van der Waals surface area contributed by atoms with E-state index in [2.05, 4.69) is 15.6 Å². The van der Waals surface area contributed by atoms with Crippen LogP contribution in [0.3, 0.4) is 0 Å². The number of amides is 1. The fraction of sp³-hybridized carbons (Fsp3) is 0.0588. The van der Waals surface area contributed by atoms with E-state index in [-0.39, 0.29) is 0 Å². The molecule has 0 unspecified atom stereocenters. The van der Waals surface area contributed by atoms with E-state index >= 15 is 0 Å². The van der Waals surface area contributed by atoms with Crippen LogP contribution in [0.1, 0.15) is 0 Å². The first-order chi connectivity index (χ1) is 12.0. The zero-order valence-electron chi connectivity index (χ0n) is 12.7. The molecule has 0 spiro atoms. The molecule has 1 aromatic heterocycles. The van der Waals surface area contributed by atoms with Gasteiger partial charge in [0, 0.05) is 16.6 Å². The van der Waals surface area contributed by atoms with Crippen LogP contribution in [0.4, 0.5) is 16.5 Å². The summed E-state index contributed by atoms with van der Waals surface area (Å²) in [5.74, 6) is -0.462. The lowest BCUT2D eigenvalue weighted by Crippen LogP contribution is -2.18. The molecular formula is C17H12Cl3N3OS. The van der Waals surface area contributed by atoms with Crippen molar-refractivity contribution in [2.45, 2.75) is 4.84 Å². The van der Waals surface area contributed by atoms with Gasteiger partial charge in [-0.25, -0.2) is 4.98 Å². The second-order valence-electron chi connectivity index (χ2n) is 5.01. The van der Waals surface area contributed by atoms with Gasteiger partial charge in [0.25, 0.3) is 5.91 Å². The Bertz CT molecular complexity index is 881. The average Bonchev–Trinajstić information content (AvgIpc) is 3.06. The number of anilines is 3. The van der Waals surface area contributed by atoms with Crippen molar-refractivity contribution in [2.24, 2.45) is 0 Å². The smallest absolute Gasteiger partial charge is 0.257 e. The maximum Gasteiger partial charge on any atom is 0.257 e. The van der Waals surface area contributed by atoms with Gasteiger partial charge in [0.1, 0.15) is 0 Å². The van der Waals surface area contributed by atoms with Crippen molar-refractivity contribution in [3.8, 4) is 11.3 Å². The highest BCUT2D eigenvalue weighted by Crippen LogP contribution is 2.30.